The van der Waals surface area contributed by atoms with E-state index in [-0.39, 0.29) is 6.04 Å². The smallest absolute Gasteiger partial charge is 0.149 e. The summed E-state index contributed by atoms with van der Waals surface area (Å²) in [5.74, 6) is 0.850. The van der Waals surface area contributed by atoms with E-state index in [1.54, 1.807) is 6.33 Å². The number of nitrogens with two attached hydrogens (primary N) is 1. The molecule has 0 radical (unpaired) electrons. The molecule has 56 valence electrons. The summed E-state index contributed by atoms with van der Waals surface area (Å²) in [7, 11) is 1.89. The zero-order valence-electron chi connectivity index (χ0n) is 6.28. The Labute approximate surface area is 60.1 Å². The molecule has 4 heteroatoms. The van der Waals surface area contributed by atoms with E-state index in [1.165, 1.54) is 0 Å². The Kier molecular flexibility index (Phi) is 2.01. The molecule has 1 rings (SSSR count). The van der Waals surface area contributed by atoms with Gasteiger partial charge < -0.3 is 10.3 Å². The highest BCUT2D eigenvalue weighted by Crippen LogP contribution is 2.07. The Morgan fingerprint density at radius 2 is 2.50 bits per heavy atom. The summed E-state index contributed by atoms with van der Waals surface area (Å²) >= 11 is 0. The third kappa shape index (κ3) is 1.16. The van der Waals surface area contributed by atoms with E-state index in [0.717, 1.165) is 12.2 Å². The van der Waals surface area contributed by atoms with Crippen molar-refractivity contribution in [2.45, 2.75) is 19.4 Å². The molecule has 0 fully saturated rings. The molecule has 0 aliphatic carbocycles. The van der Waals surface area contributed by atoms with Crippen LogP contribution in [0.1, 0.15) is 25.2 Å². The first-order chi connectivity index (χ1) is 4.75. The molecule has 2 N–H and O–H groups in total. The van der Waals surface area contributed by atoms with Gasteiger partial charge in [0.05, 0.1) is 6.04 Å². The molecule has 0 spiro atoms. The number of hydrogen-bond donors (Lipinski definition) is 1. The lowest BCUT2D eigenvalue weighted by Gasteiger charge is -2.05. The van der Waals surface area contributed by atoms with E-state index in [4.69, 9.17) is 5.73 Å². The van der Waals surface area contributed by atoms with Gasteiger partial charge in [0.2, 0.25) is 0 Å². The molecule has 1 aromatic rings. The number of nitrogens with zero attached hydrogens (tertiary/aromatic N) is 3. The van der Waals surface area contributed by atoms with E-state index in [1.807, 2.05) is 18.5 Å². The number of aryl methyl sites for hydroxylation is 1. The molecular weight excluding hydrogens is 128 g/mol. The van der Waals surface area contributed by atoms with Gasteiger partial charge in [-0.2, -0.15) is 0 Å². The van der Waals surface area contributed by atoms with Crippen molar-refractivity contribution in [3.8, 4) is 0 Å². The van der Waals surface area contributed by atoms with Crippen molar-refractivity contribution >= 4 is 0 Å². The van der Waals surface area contributed by atoms with Crippen LogP contribution in [0.3, 0.4) is 0 Å². The van der Waals surface area contributed by atoms with Crippen molar-refractivity contribution in [1.82, 2.24) is 14.8 Å². The summed E-state index contributed by atoms with van der Waals surface area (Å²) in [4.78, 5) is 0. The molecule has 0 amide bonds. The van der Waals surface area contributed by atoms with E-state index in [9.17, 15) is 0 Å². The predicted octanol–water partition coefficient (Wildman–Crippen LogP) is 0.225. The van der Waals surface area contributed by atoms with E-state index >= 15 is 0 Å². The standard InChI is InChI=1S/C6H12N4/c1-3-5(7)6-9-8-4-10(6)2/h4-5H,3,7H2,1-2H3/t5-/m1/s1. The first kappa shape index (κ1) is 7.21. The van der Waals surface area contributed by atoms with Crippen LogP contribution in [0.5, 0.6) is 0 Å². The van der Waals surface area contributed by atoms with Gasteiger partial charge in [-0.1, -0.05) is 6.92 Å². The Hall–Kier alpha value is -0.900. The Morgan fingerprint density at radius 1 is 1.80 bits per heavy atom. The minimum absolute atomic E-state index is 0.0208. The molecule has 0 unspecified atom stereocenters. The molecule has 10 heavy (non-hydrogen) atoms. The van der Waals surface area contributed by atoms with Crippen LogP contribution < -0.4 is 5.73 Å². The van der Waals surface area contributed by atoms with Gasteiger partial charge in [-0.15, -0.1) is 10.2 Å². The monoisotopic (exact) mass is 140 g/mol. The van der Waals surface area contributed by atoms with Crippen molar-refractivity contribution in [3.05, 3.63) is 12.2 Å². The highest BCUT2D eigenvalue weighted by Gasteiger charge is 2.07. The number of aromatic nitrogens is 3. The van der Waals surface area contributed by atoms with Crippen molar-refractivity contribution in [2.75, 3.05) is 0 Å². The van der Waals surface area contributed by atoms with Crippen LogP contribution in [0.15, 0.2) is 6.33 Å². The lowest BCUT2D eigenvalue weighted by molar-refractivity contribution is 0.615. The Morgan fingerprint density at radius 3 is 2.90 bits per heavy atom. The van der Waals surface area contributed by atoms with E-state index in [2.05, 4.69) is 10.2 Å². The van der Waals surface area contributed by atoms with Gasteiger partial charge in [0.1, 0.15) is 12.2 Å². The third-order valence-corrected chi connectivity index (χ3v) is 1.52. The molecule has 0 saturated heterocycles. The first-order valence-electron chi connectivity index (χ1n) is 3.35. The lowest BCUT2D eigenvalue weighted by atomic mass is 10.2. The molecule has 0 aliphatic rings. The zero-order chi connectivity index (χ0) is 7.56. The molecular formula is C6H12N4. The van der Waals surface area contributed by atoms with Crippen molar-refractivity contribution in [3.63, 3.8) is 0 Å². The maximum atomic E-state index is 5.72. The minimum Gasteiger partial charge on any atom is -0.321 e. The van der Waals surface area contributed by atoms with Gasteiger partial charge in [0.15, 0.2) is 0 Å². The van der Waals surface area contributed by atoms with Crippen LogP contribution in [0.4, 0.5) is 0 Å². The van der Waals surface area contributed by atoms with Gasteiger partial charge in [-0.3, -0.25) is 0 Å². The van der Waals surface area contributed by atoms with Crippen LogP contribution in [-0.2, 0) is 7.05 Å². The largest absolute Gasteiger partial charge is 0.321 e. The Balaban J connectivity index is 2.82. The molecule has 1 atom stereocenters. The minimum atomic E-state index is 0.0208. The van der Waals surface area contributed by atoms with Gasteiger partial charge >= 0.3 is 0 Å². The number of hydrogen-bond acceptors (Lipinski definition) is 3. The van der Waals surface area contributed by atoms with Crippen molar-refractivity contribution < 1.29 is 0 Å². The maximum absolute atomic E-state index is 5.72. The normalized spacial score (nSPS) is 13.5. The Bertz CT molecular complexity index is 205. The van der Waals surface area contributed by atoms with Gasteiger partial charge in [-0.05, 0) is 6.42 Å². The molecule has 1 heterocycles. The van der Waals surface area contributed by atoms with Gasteiger partial charge in [0, 0.05) is 7.05 Å². The van der Waals surface area contributed by atoms with Crippen LogP contribution in [0.25, 0.3) is 0 Å². The second kappa shape index (κ2) is 2.79. The van der Waals surface area contributed by atoms with E-state index < -0.39 is 0 Å². The summed E-state index contributed by atoms with van der Waals surface area (Å²) in [6.45, 7) is 2.03. The van der Waals surface area contributed by atoms with Gasteiger partial charge in [-0.25, -0.2) is 0 Å². The average Bonchev–Trinajstić information content (AvgIpc) is 2.34. The SMILES string of the molecule is CC[C@@H](N)c1nncn1C. The van der Waals surface area contributed by atoms with Crippen LogP contribution in [0, 0.1) is 0 Å². The molecule has 1 aromatic heterocycles. The van der Waals surface area contributed by atoms with Crippen molar-refractivity contribution in [1.29, 1.82) is 0 Å². The lowest BCUT2D eigenvalue weighted by Crippen LogP contribution is -2.13. The fourth-order valence-corrected chi connectivity index (χ4v) is 0.810. The van der Waals surface area contributed by atoms with Crippen LogP contribution >= 0.6 is 0 Å². The van der Waals surface area contributed by atoms with Crippen LogP contribution in [0.2, 0.25) is 0 Å². The van der Waals surface area contributed by atoms with Crippen LogP contribution in [-0.4, -0.2) is 14.8 Å². The fourth-order valence-electron chi connectivity index (χ4n) is 0.810. The quantitative estimate of drug-likeness (QED) is 0.639. The van der Waals surface area contributed by atoms with Crippen molar-refractivity contribution in [2.24, 2.45) is 12.8 Å². The highest BCUT2D eigenvalue weighted by molar-refractivity contribution is 4.91. The summed E-state index contributed by atoms with van der Waals surface area (Å²) in [5.41, 5.74) is 5.72. The van der Waals surface area contributed by atoms with E-state index in [0.29, 0.717) is 0 Å². The average molecular weight is 140 g/mol. The highest BCUT2D eigenvalue weighted by atomic mass is 15.3. The second-order valence-electron chi connectivity index (χ2n) is 2.31. The molecule has 0 saturated carbocycles. The second-order valence-corrected chi connectivity index (χ2v) is 2.31. The predicted molar refractivity (Wildman–Crippen MR) is 38.2 cm³/mol. The fraction of sp³-hybridized carbons (Fsp3) is 0.667. The summed E-state index contributed by atoms with van der Waals surface area (Å²) in [6, 6.07) is 0.0208. The third-order valence-electron chi connectivity index (χ3n) is 1.52. The maximum Gasteiger partial charge on any atom is 0.149 e. The number of rotatable bonds is 2. The summed E-state index contributed by atoms with van der Waals surface area (Å²) in [5, 5.41) is 7.60. The van der Waals surface area contributed by atoms with Gasteiger partial charge in [0.25, 0.3) is 0 Å². The first-order valence-corrected chi connectivity index (χ1v) is 3.35. The topological polar surface area (TPSA) is 56.7 Å². The summed E-state index contributed by atoms with van der Waals surface area (Å²) in [6.07, 6.45) is 2.55. The molecule has 4 nitrogen and oxygen atoms in total. The zero-order valence-corrected chi connectivity index (χ0v) is 6.28. The molecule has 0 aliphatic heterocycles. The molecule has 0 bridgehead atoms. The molecule has 0 aromatic carbocycles. The summed E-state index contributed by atoms with van der Waals surface area (Å²) < 4.78 is 1.84.